The van der Waals surface area contributed by atoms with Gasteiger partial charge in [-0.25, -0.2) is 8.42 Å². The van der Waals surface area contributed by atoms with Crippen LogP contribution < -0.4 is 9.04 Å². The monoisotopic (exact) mass is 349 g/mol. The number of halogens is 1. The summed E-state index contributed by atoms with van der Waals surface area (Å²) in [4.78, 5) is 0.175. The van der Waals surface area contributed by atoms with Gasteiger partial charge in [0.15, 0.2) is 0 Å². The van der Waals surface area contributed by atoms with Crippen LogP contribution in [0.2, 0.25) is 5.02 Å². The van der Waals surface area contributed by atoms with Crippen molar-refractivity contribution >= 4 is 27.3 Å². The first-order valence-corrected chi connectivity index (χ1v) is 8.64. The van der Waals surface area contributed by atoms with E-state index in [9.17, 15) is 8.42 Å². The minimum absolute atomic E-state index is 0.175. The Bertz CT molecular complexity index is 836. The molecule has 23 heavy (non-hydrogen) atoms. The molecule has 0 saturated carbocycles. The Morgan fingerprint density at radius 2 is 1.87 bits per heavy atom. The van der Waals surface area contributed by atoms with E-state index in [2.05, 4.69) is 11.8 Å². The Kier molecular flexibility index (Phi) is 5.54. The second-order valence-electron chi connectivity index (χ2n) is 4.64. The van der Waals surface area contributed by atoms with E-state index in [0.717, 1.165) is 0 Å². The smallest absolute Gasteiger partial charge is 0.264 e. The average Bonchev–Trinajstić information content (AvgIpc) is 2.55. The lowest BCUT2D eigenvalue weighted by molar-refractivity contribution is 0.370. The van der Waals surface area contributed by atoms with Crippen LogP contribution in [0, 0.1) is 11.8 Å². The highest BCUT2D eigenvalue weighted by Crippen LogP contribution is 2.25. The largest absolute Gasteiger partial charge is 0.481 e. The zero-order valence-corrected chi connectivity index (χ0v) is 14.4. The molecule has 6 heteroatoms. The summed E-state index contributed by atoms with van der Waals surface area (Å²) >= 11 is 5.92. The van der Waals surface area contributed by atoms with Crippen LogP contribution in [0.15, 0.2) is 53.4 Å². The lowest BCUT2D eigenvalue weighted by atomic mass is 10.3. The summed E-state index contributed by atoms with van der Waals surface area (Å²) in [6.07, 6.45) is 0. The number of benzene rings is 2. The van der Waals surface area contributed by atoms with E-state index in [1.165, 1.54) is 23.5 Å². The van der Waals surface area contributed by atoms with E-state index in [1.807, 2.05) is 0 Å². The molecule has 0 aliphatic carbocycles. The molecule has 0 aromatic heterocycles. The van der Waals surface area contributed by atoms with Crippen LogP contribution in [0.25, 0.3) is 0 Å². The van der Waals surface area contributed by atoms with Crippen LogP contribution in [0.4, 0.5) is 5.69 Å². The Labute approximate surface area is 141 Å². The lowest BCUT2D eigenvalue weighted by Gasteiger charge is -2.19. The third kappa shape index (κ3) is 4.19. The van der Waals surface area contributed by atoms with Crippen LogP contribution in [0.3, 0.4) is 0 Å². The minimum Gasteiger partial charge on any atom is -0.481 e. The van der Waals surface area contributed by atoms with E-state index in [0.29, 0.717) is 16.5 Å². The van der Waals surface area contributed by atoms with Gasteiger partial charge in [-0.2, -0.15) is 0 Å². The molecule has 120 valence electrons. The van der Waals surface area contributed by atoms with Gasteiger partial charge in [-0.1, -0.05) is 23.6 Å². The molecule has 0 aliphatic heterocycles. The number of nitrogens with zero attached hydrogens (tertiary/aromatic N) is 1. The number of anilines is 1. The summed E-state index contributed by atoms with van der Waals surface area (Å²) < 4.78 is 31.8. The molecular weight excluding hydrogens is 334 g/mol. The summed E-state index contributed by atoms with van der Waals surface area (Å²) in [5.41, 5.74) is 0.496. The lowest BCUT2D eigenvalue weighted by Crippen LogP contribution is -2.26. The fourth-order valence-electron chi connectivity index (χ4n) is 1.87. The molecule has 2 aromatic rings. The summed E-state index contributed by atoms with van der Waals surface area (Å²) in [5.74, 6) is 6.07. The van der Waals surface area contributed by atoms with Crippen LogP contribution >= 0.6 is 11.6 Å². The first-order valence-electron chi connectivity index (χ1n) is 6.82. The van der Waals surface area contributed by atoms with E-state index in [1.54, 1.807) is 43.3 Å². The second-order valence-corrected chi connectivity index (χ2v) is 7.04. The summed E-state index contributed by atoms with van der Waals surface area (Å²) in [6.45, 7) is 2.00. The standard InChI is InChI=1S/C17H16ClNO3S/c1-3-4-12-22-16-8-10-17(11-9-16)23(20,21)19(2)15-7-5-6-14(18)13-15/h5-11,13H,12H2,1-2H3. The molecule has 2 aromatic carbocycles. The van der Waals surface area contributed by atoms with Crippen molar-refractivity contribution in [3.8, 4) is 17.6 Å². The molecule has 4 nitrogen and oxygen atoms in total. The van der Waals surface area contributed by atoms with Crippen molar-refractivity contribution in [2.24, 2.45) is 0 Å². The molecule has 2 rings (SSSR count). The molecule has 0 aliphatic rings. The molecule has 0 heterocycles. The van der Waals surface area contributed by atoms with Gasteiger partial charge in [0, 0.05) is 12.1 Å². The van der Waals surface area contributed by atoms with Crippen molar-refractivity contribution in [2.45, 2.75) is 11.8 Å². The van der Waals surface area contributed by atoms with Crippen molar-refractivity contribution < 1.29 is 13.2 Å². The van der Waals surface area contributed by atoms with E-state index in [4.69, 9.17) is 16.3 Å². The number of ether oxygens (including phenoxy) is 1. The predicted octanol–water partition coefficient (Wildman–Crippen LogP) is 3.57. The van der Waals surface area contributed by atoms with Gasteiger partial charge in [-0.3, -0.25) is 4.31 Å². The minimum atomic E-state index is -3.66. The molecule has 0 fully saturated rings. The highest BCUT2D eigenvalue weighted by atomic mass is 35.5. The van der Waals surface area contributed by atoms with Gasteiger partial charge in [0.05, 0.1) is 10.6 Å². The molecule has 0 radical (unpaired) electrons. The third-order valence-corrected chi connectivity index (χ3v) is 5.18. The first-order chi connectivity index (χ1) is 10.9. The van der Waals surface area contributed by atoms with Crippen LogP contribution in [0.1, 0.15) is 6.92 Å². The topological polar surface area (TPSA) is 46.6 Å². The van der Waals surface area contributed by atoms with E-state index < -0.39 is 10.0 Å². The van der Waals surface area contributed by atoms with Gasteiger partial charge in [0.2, 0.25) is 0 Å². The van der Waals surface area contributed by atoms with Gasteiger partial charge in [0.1, 0.15) is 12.4 Å². The Hall–Kier alpha value is -2.16. The number of rotatable bonds is 5. The maximum absolute atomic E-state index is 12.6. The highest BCUT2D eigenvalue weighted by molar-refractivity contribution is 7.92. The molecule has 0 spiro atoms. The third-order valence-electron chi connectivity index (χ3n) is 3.14. The normalized spacial score (nSPS) is 10.6. The van der Waals surface area contributed by atoms with Gasteiger partial charge in [-0.05, 0) is 49.4 Å². The highest BCUT2D eigenvalue weighted by Gasteiger charge is 2.21. The van der Waals surface area contributed by atoms with Crippen LogP contribution in [-0.4, -0.2) is 22.1 Å². The summed E-state index contributed by atoms with van der Waals surface area (Å²) in [7, 11) is -2.17. The Morgan fingerprint density at radius 3 is 2.48 bits per heavy atom. The van der Waals surface area contributed by atoms with Crippen molar-refractivity contribution in [2.75, 3.05) is 18.0 Å². The molecule has 0 atom stereocenters. The second kappa shape index (κ2) is 7.40. The molecule has 0 amide bonds. The van der Waals surface area contributed by atoms with Gasteiger partial charge >= 0.3 is 0 Å². The molecular formula is C17H16ClNO3S. The van der Waals surface area contributed by atoms with Crippen LogP contribution in [0.5, 0.6) is 5.75 Å². The molecule has 0 unspecified atom stereocenters. The SMILES string of the molecule is CC#CCOc1ccc(S(=O)(=O)N(C)c2cccc(Cl)c2)cc1. The zero-order chi connectivity index (χ0) is 16.9. The molecule has 0 bridgehead atoms. The maximum Gasteiger partial charge on any atom is 0.264 e. The van der Waals surface area contributed by atoms with Gasteiger partial charge in [-0.15, -0.1) is 5.92 Å². The van der Waals surface area contributed by atoms with Gasteiger partial charge < -0.3 is 4.74 Å². The van der Waals surface area contributed by atoms with E-state index >= 15 is 0 Å². The number of sulfonamides is 1. The maximum atomic E-state index is 12.6. The number of hydrogen-bond donors (Lipinski definition) is 0. The predicted molar refractivity (Wildman–Crippen MR) is 92.4 cm³/mol. The van der Waals surface area contributed by atoms with Crippen molar-refractivity contribution in [1.29, 1.82) is 0 Å². The number of hydrogen-bond acceptors (Lipinski definition) is 3. The fourth-order valence-corrected chi connectivity index (χ4v) is 3.24. The summed E-state index contributed by atoms with van der Waals surface area (Å²) in [6, 6.07) is 12.9. The zero-order valence-electron chi connectivity index (χ0n) is 12.8. The van der Waals surface area contributed by atoms with Crippen molar-refractivity contribution in [3.63, 3.8) is 0 Å². The molecule has 0 saturated heterocycles. The van der Waals surface area contributed by atoms with E-state index in [-0.39, 0.29) is 11.5 Å². The summed E-state index contributed by atoms with van der Waals surface area (Å²) in [5, 5.41) is 0.477. The Balaban J connectivity index is 2.23. The average molecular weight is 350 g/mol. The van der Waals surface area contributed by atoms with Crippen molar-refractivity contribution in [1.82, 2.24) is 0 Å². The fraction of sp³-hybridized carbons (Fsp3) is 0.176. The van der Waals surface area contributed by atoms with Crippen molar-refractivity contribution in [3.05, 3.63) is 53.6 Å². The van der Waals surface area contributed by atoms with Gasteiger partial charge in [0.25, 0.3) is 10.0 Å². The molecule has 0 N–H and O–H groups in total. The quantitative estimate of drug-likeness (QED) is 0.775. The first kappa shape index (κ1) is 17.2. The Morgan fingerprint density at radius 1 is 1.17 bits per heavy atom. The van der Waals surface area contributed by atoms with Crippen LogP contribution in [-0.2, 0) is 10.0 Å².